The number of amides is 2. The Balaban J connectivity index is 0.981. The van der Waals surface area contributed by atoms with E-state index in [2.05, 4.69) is 25.3 Å². The molecule has 0 radical (unpaired) electrons. The minimum Gasteiger partial charge on any atom is -0.384 e. The van der Waals surface area contributed by atoms with Crippen LogP contribution < -0.4 is 5.32 Å². The highest BCUT2D eigenvalue weighted by Gasteiger charge is 2.47. The summed E-state index contributed by atoms with van der Waals surface area (Å²) in [6.45, 7) is 2.74. The number of aromatic nitrogens is 4. The van der Waals surface area contributed by atoms with E-state index >= 15 is 0 Å². The van der Waals surface area contributed by atoms with Crippen molar-refractivity contribution in [1.82, 2.24) is 34.9 Å². The molecule has 2 saturated heterocycles. The summed E-state index contributed by atoms with van der Waals surface area (Å²) in [6.07, 6.45) is 4.98. The van der Waals surface area contributed by atoms with Crippen molar-refractivity contribution >= 4 is 11.8 Å². The van der Waals surface area contributed by atoms with Gasteiger partial charge in [-0.05, 0) is 75.4 Å². The van der Waals surface area contributed by atoms with E-state index in [0.29, 0.717) is 37.7 Å². The number of rotatable bonds is 6. The zero-order valence-electron chi connectivity index (χ0n) is 23.6. The second-order valence-corrected chi connectivity index (χ2v) is 12.1. The van der Waals surface area contributed by atoms with E-state index in [1.54, 1.807) is 22.1 Å². The number of benzene rings is 1. The van der Waals surface area contributed by atoms with Crippen LogP contribution in [0.2, 0.25) is 0 Å². The molecule has 0 bridgehead atoms. The highest BCUT2D eigenvalue weighted by Crippen LogP contribution is 2.44. The maximum absolute atomic E-state index is 13.0. The lowest BCUT2D eigenvalue weighted by molar-refractivity contribution is -0.137. The van der Waals surface area contributed by atoms with Crippen molar-refractivity contribution < 1.29 is 27.9 Å². The van der Waals surface area contributed by atoms with Gasteiger partial charge in [-0.25, -0.2) is 9.67 Å². The second-order valence-electron chi connectivity index (χ2n) is 12.1. The first-order valence-electron chi connectivity index (χ1n) is 14.5. The van der Waals surface area contributed by atoms with Crippen molar-refractivity contribution in [2.75, 3.05) is 32.7 Å². The Morgan fingerprint density at radius 3 is 2.53 bits per heavy atom. The summed E-state index contributed by atoms with van der Waals surface area (Å²) in [5.41, 5.74) is -0.570. The van der Waals surface area contributed by atoms with E-state index < -0.39 is 23.2 Å². The molecule has 1 unspecified atom stereocenters. The largest absolute Gasteiger partial charge is 0.416 e. The smallest absolute Gasteiger partial charge is 0.384 e. The minimum atomic E-state index is -4.55. The SMILES string of the molecule is O=C(NCC(=O)N1CCC2(CCN(C3CCC(O)(c4ccc(-n5cncn5)cn4)CC3)C2)C1)c1cccc(C(F)(F)F)c1. The minimum absolute atomic E-state index is 0.00674. The first kappa shape index (κ1) is 29.2. The summed E-state index contributed by atoms with van der Waals surface area (Å²) in [6, 6.07) is 8.26. The molecule has 2 N–H and O–H groups in total. The Labute approximate surface area is 246 Å². The summed E-state index contributed by atoms with van der Waals surface area (Å²) >= 11 is 0. The fraction of sp³-hybridized carbons (Fsp3) is 0.500. The third kappa shape index (κ3) is 6.14. The van der Waals surface area contributed by atoms with Crippen molar-refractivity contribution in [2.45, 2.75) is 56.3 Å². The van der Waals surface area contributed by atoms with Crippen LogP contribution in [0.25, 0.3) is 5.69 Å². The van der Waals surface area contributed by atoms with Gasteiger partial charge in [0.05, 0.1) is 29.7 Å². The fourth-order valence-corrected chi connectivity index (χ4v) is 6.81. The molecule has 1 spiro atoms. The Bertz CT molecular complexity index is 1460. The van der Waals surface area contributed by atoms with Gasteiger partial charge in [0.1, 0.15) is 18.3 Å². The molecular weight excluding hydrogens is 563 g/mol. The topological polar surface area (TPSA) is 116 Å². The van der Waals surface area contributed by atoms with Gasteiger partial charge in [0, 0.05) is 36.7 Å². The maximum Gasteiger partial charge on any atom is 0.416 e. The Morgan fingerprint density at radius 2 is 1.84 bits per heavy atom. The fourth-order valence-electron chi connectivity index (χ4n) is 6.81. The third-order valence-corrected chi connectivity index (χ3v) is 9.32. The van der Waals surface area contributed by atoms with Gasteiger partial charge in [-0.1, -0.05) is 6.07 Å². The number of carbonyl (C=O) groups is 2. The van der Waals surface area contributed by atoms with E-state index in [1.165, 1.54) is 18.5 Å². The molecule has 2 aliphatic heterocycles. The number of nitrogens with one attached hydrogen (secondary N) is 1. The lowest BCUT2D eigenvalue weighted by Gasteiger charge is -2.39. The number of nitrogens with zero attached hydrogens (tertiary/aromatic N) is 6. The van der Waals surface area contributed by atoms with Gasteiger partial charge in [0.25, 0.3) is 5.91 Å². The normalized spacial score (nSPS) is 26.2. The van der Waals surface area contributed by atoms with Gasteiger partial charge < -0.3 is 15.3 Å². The highest BCUT2D eigenvalue weighted by atomic mass is 19.4. The van der Waals surface area contributed by atoms with Crippen LogP contribution in [0.15, 0.2) is 55.2 Å². The molecule has 1 atom stereocenters. The standard InChI is InChI=1S/C30H34F3N7O3/c31-30(32,33)22-3-1-2-21(14-22)27(42)36-16-26(41)39-13-11-28(18-39)10-12-38(17-28)23-6-8-29(43,9-7-23)25-5-4-24(15-35-25)40-20-34-19-37-40/h1-5,14-15,19-20,23,43H,6-13,16-18H2,(H,36,42). The molecule has 4 heterocycles. The molecular formula is C30H34F3N7O3. The summed E-state index contributed by atoms with van der Waals surface area (Å²) in [5.74, 6) is -0.945. The van der Waals surface area contributed by atoms with Crippen molar-refractivity contribution in [3.63, 3.8) is 0 Å². The monoisotopic (exact) mass is 597 g/mol. The Kier molecular flexibility index (Phi) is 7.71. The van der Waals surface area contributed by atoms with E-state index in [-0.39, 0.29) is 23.4 Å². The van der Waals surface area contributed by atoms with E-state index in [0.717, 1.165) is 56.6 Å². The van der Waals surface area contributed by atoms with Crippen LogP contribution in [0.4, 0.5) is 13.2 Å². The number of alkyl halides is 3. The zero-order chi connectivity index (χ0) is 30.2. The lowest BCUT2D eigenvalue weighted by Crippen LogP contribution is -2.43. The van der Waals surface area contributed by atoms with Crippen LogP contribution in [-0.4, -0.2) is 85.2 Å². The van der Waals surface area contributed by atoms with Crippen LogP contribution in [-0.2, 0) is 16.6 Å². The van der Waals surface area contributed by atoms with E-state index in [9.17, 15) is 27.9 Å². The van der Waals surface area contributed by atoms with Crippen LogP contribution >= 0.6 is 0 Å². The summed E-state index contributed by atoms with van der Waals surface area (Å²) in [4.78, 5) is 38.1. The molecule has 10 nitrogen and oxygen atoms in total. The number of pyridine rings is 1. The average Bonchev–Trinajstić information content (AvgIpc) is 3.78. The van der Waals surface area contributed by atoms with Crippen LogP contribution in [0.5, 0.6) is 0 Å². The molecule has 1 aliphatic carbocycles. The molecule has 2 amide bonds. The molecule has 1 saturated carbocycles. The van der Waals surface area contributed by atoms with Gasteiger partial charge in [0.15, 0.2) is 0 Å². The number of hydrogen-bond donors (Lipinski definition) is 2. The maximum atomic E-state index is 13.0. The molecule has 1 aromatic carbocycles. The molecule has 43 heavy (non-hydrogen) atoms. The molecule has 6 rings (SSSR count). The number of hydrogen-bond acceptors (Lipinski definition) is 7. The number of aliphatic hydroxyl groups is 1. The number of halogens is 3. The van der Waals surface area contributed by atoms with Gasteiger partial charge in [-0.3, -0.25) is 19.5 Å². The summed E-state index contributed by atoms with van der Waals surface area (Å²) < 4.78 is 40.6. The first-order chi connectivity index (χ1) is 20.5. The van der Waals surface area contributed by atoms with Gasteiger partial charge >= 0.3 is 6.18 Å². The summed E-state index contributed by atoms with van der Waals surface area (Å²) in [7, 11) is 0. The van der Waals surface area contributed by atoms with Gasteiger partial charge in [-0.15, -0.1) is 0 Å². The van der Waals surface area contributed by atoms with Crippen LogP contribution in [0, 0.1) is 5.41 Å². The number of carbonyl (C=O) groups excluding carboxylic acids is 2. The highest BCUT2D eigenvalue weighted by molar-refractivity contribution is 5.96. The molecule has 228 valence electrons. The second kappa shape index (κ2) is 11.3. The predicted molar refractivity (Wildman–Crippen MR) is 149 cm³/mol. The first-order valence-corrected chi connectivity index (χ1v) is 14.5. The molecule has 3 aromatic rings. The average molecular weight is 598 g/mol. The van der Waals surface area contributed by atoms with Crippen LogP contribution in [0.3, 0.4) is 0 Å². The summed E-state index contributed by atoms with van der Waals surface area (Å²) in [5, 5.41) is 18.0. The zero-order valence-corrected chi connectivity index (χ0v) is 23.6. The van der Waals surface area contributed by atoms with E-state index in [1.807, 2.05) is 12.1 Å². The molecule has 2 aromatic heterocycles. The van der Waals surface area contributed by atoms with Gasteiger partial charge in [0.2, 0.25) is 5.91 Å². The lowest BCUT2D eigenvalue weighted by atomic mass is 9.79. The van der Waals surface area contributed by atoms with Crippen molar-refractivity contribution in [1.29, 1.82) is 0 Å². The Hall–Kier alpha value is -3.84. The van der Waals surface area contributed by atoms with Crippen molar-refractivity contribution in [2.24, 2.45) is 5.41 Å². The molecule has 3 fully saturated rings. The number of likely N-dealkylation sites (tertiary alicyclic amines) is 2. The van der Waals surface area contributed by atoms with Crippen molar-refractivity contribution in [3.8, 4) is 5.69 Å². The van der Waals surface area contributed by atoms with E-state index in [4.69, 9.17) is 0 Å². The predicted octanol–water partition coefficient (Wildman–Crippen LogP) is 3.17. The molecule has 13 heteroatoms. The third-order valence-electron chi connectivity index (χ3n) is 9.32. The molecule has 3 aliphatic rings. The quantitative estimate of drug-likeness (QED) is 0.449. The van der Waals surface area contributed by atoms with Gasteiger partial charge in [-0.2, -0.15) is 18.3 Å². The van der Waals surface area contributed by atoms with Crippen LogP contribution in [0.1, 0.15) is 60.1 Å². The van der Waals surface area contributed by atoms with Crippen molar-refractivity contribution in [3.05, 3.63) is 72.1 Å². The Morgan fingerprint density at radius 1 is 1.05 bits per heavy atom.